The van der Waals surface area contributed by atoms with Gasteiger partial charge >= 0.3 is 0 Å². The standard InChI is InChI=1S/C18H15FN2O2S/c1-11-7-8-16(23-2)13(9-11)15-10-24-18(20-15)21-17(22)12-5-3-4-6-14(12)19/h3-10H,1-2H3,(H,20,21,22). The van der Waals surface area contributed by atoms with Crippen molar-refractivity contribution in [1.82, 2.24) is 4.98 Å². The Morgan fingerprint density at radius 2 is 2.04 bits per heavy atom. The summed E-state index contributed by atoms with van der Waals surface area (Å²) in [6, 6.07) is 11.6. The first kappa shape index (κ1) is 16.1. The largest absolute Gasteiger partial charge is 0.496 e. The zero-order valence-electron chi connectivity index (χ0n) is 13.2. The third-order valence-corrected chi connectivity index (χ3v) is 4.23. The molecule has 0 radical (unpaired) electrons. The SMILES string of the molecule is COc1ccc(C)cc1-c1csc(NC(=O)c2ccccc2F)n1. The first-order chi connectivity index (χ1) is 11.6. The Balaban J connectivity index is 1.85. The van der Waals surface area contributed by atoms with Crippen LogP contribution in [0.25, 0.3) is 11.3 Å². The van der Waals surface area contributed by atoms with Crippen molar-refractivity contribution in [1.29, 1.82) is 0 Å². The van der Waals surface area contributed by atoms with E-state index in [1.54, 1.807) is 13.2 Å². The van der Waals surface area contributed by atoms with Crippen molar-refractivity contribution < 1.29 is 13.9 Å². The first-order valence-corrected chi connectivity index (χ1v) is 8.13. The van der Waals surface area contributed by atoms with Gasteiger partial charge in [0.15, 0.2) is 5.13 Å². The molecule has 0 aliphatic heterocycles. The molecule has 4 nitrogen and oxygen atoms in total. The van der Waals surface area contributed by atoms with Crippen LogP contribution in [0.15, 0.2) is 47.8 Å². The number of rotatable bonds is 4. The summed E-state index contributed by atoms with van der Waals surface area (Å²) in [5, 5.41) is 4.86. The summed E-state index contributed by atoms with van der Waals surface area (Å²) in [4.78, 5) is 16.6. The molecule has 24 heavy (non-hydrogen) atoms. The summed E-state index contributed by atoms with van der Waals surface area (Å²) in [6.45, 7) is 1.98. The number of carbonyl (C=O) groups excluding carboxylic acids is 1. The van der Waals surface area contributed by atoms with E-state index in [9.17, 15) is 9.18 Å². The number of methoxy groups -OCH3 is 1. The summed E-state index contributed by atoms with van der Waals surface area (Å²) in [6.07, 6.45) is 0. The molecule has 1 aromatic heterocycles. The molecule has 1 heterocycles. The Morgan fingerprint density at radius 3 is 2.79 bits per heavy atom. The van der Waals surface area contributed by atoms with Gasteiger partial charge in [0.25, 0.3) is 5.91 Å². The van der Waals surface area contributed by atoms with Crippen LogP contribution in [0.1, 0.15) is 15.9 Å². The van der Waals surface area contributed by atoms with E-state index < -0.39 is 11.7 Å². The summed E-state index contributed by atoms with van der Waals surface area (Å²) in [5.41, 5.74) is 2.61. The lowest BCUT2D eigenvalue weighted by molar-refractivity contribution is 0.102. The van der Waals surface area contributed by atoms with Gasteiger partial charge < -0.3 is 4.74 Å². The molecule has 3 rings (SSSR count). The number of aromatic nitrogens is 1. The molecule has 0 atom stereocenters. The van der Waals surface area contributed by atoms with Gasteiger partial charge in [0.1, 0.15) is 11.6 Å². The number of hydrogen-bond donors (Lipinski definition) is 1. The van der Waals surface area contributed by atoms with Gasteiger partial charge in [-0.2, -0.15) is 0 Å². The topological polar surface area (TPSA) is 51.2 Å². The fourth-order valence-corrected chi connectivity index (χ4v) is 2.99. The number of nitrogens with zero attached hydrogens (tertiary/aromatic N) is 1. The van der Waals surface area contributed by atoms with Gasteiger partial charge in [-0.05, 0) is 31.2 Å². The van der Waals surface area contributed by atoms with Crippen molar-refractivity contribution in [2.24, 2.45) is 0 Å². The van der Waals surface area contributed by atoms with Crippen molar-refractivity contribution in [3.8, 4) is 17.0 Å². The number of ether oxygens (including phenoxy) is 1. The van der Waals surface area contributed by atoms with E-state index in [2.05, 4.69) is 10.3 Å². The number of anilines is 1. The minimum atomic E-state index is -0.563. The predicted octanol–water partition coefficient (Wildman–Crippen LogP) is 4.52. The van der Waals surface area contributed by atoms with E-state index in [4.69, 9.17) is 4.74 Å². The molecule has 0 aliphatic carbocycles. The minimum Gasteiger partial charge on any atom is -0.496 e. The fraction of sp³-hybridized carbons (Fsp3) is 0.111. The molecule has 1 amide bonds. The Kier molecular flexibility index (Phi) is 4.57. The Morgan fingerprint density at radius 1 is 1.25 bits per heavy atom. The zero-order chi connectivity index (χ0) is 17.1. The third kappa shape index (κ3) is 3.28. The van der Waals surface area contributed by atoms with Crippen molar-refractivity contribution in [3.05, 3.63) is 64.8 Å². The van der Waals surface area contributed by atoms with Crippen molar-refractivity contribution in [2.75, 3.05) is 12.4 Å². The van der Waals surface area contributed by atoms with Crippen LogP contribution in [-0.4, -0.2) is 18.0 Å². The van der Waals surface area contributed by atoms with Gasteiger partial charge in [0.2, 0.25) is 0 Å². The molecule has 0 aliphatic rings. The monoisotopic (exact) mass is 342 g/mol. The van der Waals surface area contributed by atoms with E-state index in [0.717, 1.165) is 11.1 Å². The summed E-state index contributed by atoms with van der Waals surface area (Å²) < 4.78 is 19.0. The number of amides is 1. The molecule has 0 bridgehead atoms. The average molecular weight is 342 g/mol. The van der Waals surface area contributed by atoms with Crippen LogP contribution in [0, 0.1) is 12.7 Å². The second-order valence-corrected chi connectivity index (χ2v) is 6.03. The maximum Gasteiger partial charge on any atom is 0.260 e. The van der Waals surface area contributed by atoms with E-state index in [-0.39, 0.29) is 5.56 Å². The highest BCUT2D eigenvalue weighted by molar-refractivity contribution is 7.14. The molecule has 1 N–H and O–H groups in total. The second-order valence-electron chi connectivity index (χ2n) is 5.18. The molecule has 2 aromatic carbocycles. The Bertz CT molecular complexity index is 892. The lowest BCUT2D eigenvalue weighted by Gasteiger charge is -2.07. The highest BCUT2D eigenvalue weighted by Crippen LogP contribution is 2.33. The predicted molar refractivity (Wildman–Crippen MR) is 93.2 cm³/mol. The van der Waals surface area contributed by atoms with Gasteiger partial charge in [-0.25, -0.2) is 9.37 Å². The number of aryl methyl sites for hydroxylation is 1. The zero-order valence-corrected chi connectivity index (χ0v) is 14.0. The highest BCUT2D eigenvalue weighted by Gasteiger charge is 2.15. The van der Waals surface area contributed by atoms with Gasteiger partial charge in [-0.15, -0.1) is 11.3 Å². The van der Waals surface area contributed by atoms with Crippen LogP contribution >= 0.6 is 11.3 Å². The second kappa shape index (κ2) is 6.80. The molecule has 0 saturated heterocycles. The molecular formula is C18H15FN2O2S. The van der Waals surface area contributed by atoms with Crippen LogP contribution in [-0.2, 0) is 0 Å². The van der Waals surface area contributed by atoms with Crippen LogP contribution in [0.3, 0.4) is 0 Å². The van der Waals surface area contributed by atoms with E-state index in [1.165, 1.54) is 29.5 Å². The first-order valence-electron chi connectivity index (χ1n) is 7.25. The molecule has 122 valence electrons. The number of benzene rings is 2. The quantitative estimate of drug-likeness (QED) is 0.758. The molecule has 3 aromatic rings. The normalized spacial score (nSPS) is 10.5. The molecule has 0 unspecified atom stereocenters. The number of thiazole rings is 1. The number of halogens is 1. The smallest absolute Gasteiger partial charge is 0.260 e. The van der Waals surface area contributed by atoms with E-state index >= 15 is 0 Å². The van der Waals surface area contributed by atoms with Gasteiger partial charge in [0, 0.05) is 10.9 Å². The minimum absolute atomic E-state index is 0.0117. The third-order valence-electron chi connectivity index (χ3n) is 3.47. The summed E-state index contributed by atoms with van der Waals surface area (Å²) >= 11 is 1.28. The summed E-state index contributed by atoms with van der Waals surface area (Å²) in [5.74, 6) is -0.379. The van der Waals surface area contributed by atoms with Crippen molar-refractivity contribution >= 4 is 22.4 Å². The highest BCUT2D eigenvalue weighted by atomic mass is 32.1. The van der Waals surface area contributed by atoms with Crippen molar-refractivity contribution in [2.45, 2.75) is 6.92 Å². The summed E-state index contributed by atoms with van der Waals surface area (Å²) in [7, 11) is 1.60. The van der Waals surface area contributed by atoms with E-state index in [1.807, 2.05) is 30.5 Å². The molecule has 0 fully saturated rings. The van der Waals surface area contributed by atoms with Crippen LogP contribution in [0.2, 0.25) is 0 Å². The van der Waals surface area contributed by atoms with Crippen molar-refractivity contribution in [3.63, 3.8) is 0 Å². The van der Waals surface area contributed by atoms with Crippen LogP contribution < -0.4 is 10.1 Å². The Labute approximate surface area is 142 Å². The van der Waals surface area contributed by atoms with Gasteiger partial charge in [-0.3, -0.25) is 10.1 Å². The molecule has 0 spiro atoms. The molecular weight excluding hydrogens is 327 g/mol. The maximum absolute atomic E-state index is 13.7. The molecule has 6 heteroatoms. The molecule has 0 saturated carbocycles. The van der Waals surface area contributed by atoms with Crippen LogP contribution in [0.4, 0.5) is 9.52 Å². The Hall–Kier alpha value is -2.73. The van der Waals surface area contributed by atoms with Gasteiger partial charge in [-0.1, -0.05) is 23.8 Å². The number of carbonyl (C=O) groups is 1. The van der Waals surface area contributed by atoms with Gasteiger partial charge in [0.05, 0.1) is 18.4 Å². The lowest BCUT2D eigenvalue weighted by atomic mass is 10.1. The van der Waals surface area contributed by atoms with E-state index in [0.29, 0.717) is 16.6 Å². The fourth-order valence-electron chi connectivity index (χ4n) is 2.29. The number of hydrogen-bond acceptors (Lipinski definition) is 4. The lowest BCUT2D eigenvalue weighted by Crippen LogP contribution is -2.13. The van der Waals surface area contributed by atoms with Crippen LogP contribution in [0.5, 0.6) is 5.75 Å². The number of nitrogens with one attached hydrogen (secondary N) is 1. The maximum atomic E-state index is 13.7. The average Bonchev–Trinajstić information content (AvgIpc) is 3.03.